The van der Waals surface area contributed by atoms with Crippen LogP contribution in [0.25, 0.3) is 11.1 Å². The highest BCUT2D eigenvalue weighted by molar-refractivity contribution is 5.89. The fraction of sp³-hybridized carbons (Fsp3) is 0.182. The molecule has 0 saturated carbocycles. The number of anilines is 1. The number of carbonyl (C=O) groups is 1. The quantitative estimate of drug-likeness (QED) is 0.656. The average Bonchev–Trinajstić information content (AvgIpc) is 2.67. The average molecular weight is 345 g/mol. The van der Waals surface area contributed by atoms with Crippen molar-refractivity contribution in [1.82, 2.24) is 10.3 Å². The van der Waals surface area contributed by atoms with Gasteiger partial charge in [-0.1, -0.05) is 49.4 Å². The molecule has 0 aliphatic heterocycles. The van der Waals surface area contributed by atoms with Gasteiger partial charge in [0.05, 0.1) is 6.04 Å². The first kappa shape index (κ1) is 17.7. The first-order chi connectivity index (χ1) is 12.7. The molecule has 1 heterocycles. The number of rotatable bonds is 5. The molecule has 132 valence electrons. The molecule has 0 saturated heterocycles. The summed E-state index contributed by atoms with van der Waals surface area (Å²) in [6.07, 6.45) is 2.64. The summed E-state index contributed by atoms with van der Waals surface area (Å²) in [5, 5.41) is 5.93. The van der Waals surface area contributed by atoms with Gasteiger partial charge in [-0.3, -0.25) is 4.98 Å². The molecule has 26 heavy (non-hydrogen) atoms. The standard InChI is InChI=1S/C22H23N3O/c1-3-21(18-7-5-4-6-8-18)25-22(26)24-20-11-9-17(10-12-20)19-13-14-23-16(2)15-19/h4-15,21H,3H2,1-2H3,(H2,24,25,26)/t21-/m0/s1. The van der Waals surface area contributed by atoms with Crippen molar-refractivity contribution in [3.8, 4) is 11.1 Å². The highest BCUT2D eigenvalue weighted by atomic mass is 16.2. The molecule has 0 aliphatic carbocycles. The number of hydrogen-bond donors (Lipinski definition) is 2. The molecule has 0 aliphatic rings. The zero-order chi connectivity index (χ0) is 18.4. The number of nitrogens with one attached hydrogen (secondary N) is 2. The number of carbonyl (C=O) groups excluding carboxylic acids is 1. The molecule has 0 unspecified atom stereocenters. The van der Waals surface area contributed by atoms with Crippen molar-refractivity contribution in [1.29, 1.82) is 0 Å². The van der Waals surface area contributed by atoms with E-state index >= 15 is 0 Å². The first-order valence-corrected chi connectivity index (χ1v) is 8.81. The van der Waals surface area contributed by atoms with Gasteiger partial charge in [-0.2, -0.15) is 0 Å². The Morgan fingerprint density at radius 2 is 1.73 bits per heavy atom. The van der Waals surface area contributed by atoms with E-state index in [4.69, 9.17) is 0 Å². The second-order valence-electron chi connectivity index (χ2n) is 6.23. The van der Waals surface area contributed by atoms with Gasteiger partial charge in [0.1, 0.15) is 0 Å². The van der Waals surface area contributed by atoms with E-state index in [-0.39, 0.29) is 12.1 Å². The van der Waals surface area contributed by atoms with Crippen LogP contribution >= 0.6 is 0 Å². The second-order valence-corrected chi connectivity index (χ2v) is 6.23. The highest BCUT2D eigenvalue weighted by Gasteiger charge is 2.12. The van der Waals surface area contributed by atoms with Gasteiger partial charge < -0.3 is 10.6 Å². The summed E-state index contributed by atoms with van der Waals surface area (Å²) in [7, 11) is 0. The largest absolute Gasteiger partial charge is 0.331 e. The maximum absolute atomic E-state index is 12.3. The smallest absolute Gasteiger partial charge is 0.319 e. The third-order valence-electron chi connectivity index (χ3n) is 4.29. The van der Waals surface area contributed by atoms with E-state index in [1.165, 1.54) is 0 Å². The monoisotopic (exact) mass is 345 g/mol. The van der Waals surface area contributed by atoms with Crippen molar-refractivity contribution < 1.29 is 4.79 Å². The maximum Gasteiger partial charge on any atom is 0.319 e. The maximum atomic E-state index is 12.3. The Hall–Kier alpha value is -3.14. The molecule has 3 rings (SSSR count). The number of nitrogens with zero attached hydrogens (tertiary/aromatic N) is 1. The summed E-state index contributed by atoms with van der Waals surface area (Å²) in [6, 6.07) is 21.6. The number of pyridine rings is 1. The first-order valence-electron chi connectivity index (χ1n) is 8.81. The summed E-state index contributed by atoms with van der Waals surface area (Å²) < 4.78 is 0. The third-order valence-corrected chi connectivity index (χ3v) is 4.29. The van der Waals surface area contributed by atoms with E-state index in [9.17, 15) is 4.79 Å². The molecule has 2 amide bonds. The molecule has 0 spiro atoms. The summed E-state index contributed by atoms with van der Waals surface area (Å²) in [5.41, 5.74) is 5.06. The summed E-state index contributed by atoms with van der Waals surface area (Å²) in [5.74, 6) is 0. The van der Waals surface area contributed by atoms with E-state index in [0.717, 1.165) is 34.5 Å². The molecule has 2 N–H and O–H groups in total. The number of aromatic nitrogens is 1. The van der Waals surface area contributed by atoms with Crippen molar-refractivity contribution in [2.45, 2.75) is 26.3 Å². The number of urea groups is 1. The lowest BCUT2D eigenvalue weighted by Gasteiger charge is -2.18. The SMILES string of the molecule is CC[C@H](NC(=O)Nc1ccc(-c2ccnc(C)c2)cc1)c1ccccc1. The summed E-state index contributed by atoms with van der Waals surface area (Å²) in [4.78, 5) is 16.5. The van der Waals surface area contributed by atoms with Crippen LogP contribution in [0.5, 0.6) is 0 Å². The van der Waals surface area contributed by atoms with Crippen molar-refractivity contribution in [2.24, 2.45) is 0 Å². The van der Waals surface area contributed by atoms with Crippen LogP contribution in [0.15, 0.2) is 72.9 Å². The minimum Gasteiger partial charge on any atom is -0.331 e. The highest BCUT2D eigenvalue weighted by Crippen LogP contribution is 2.22. The zero-order valence-corrected chi connectivity index (χ0v) is 15.1. The van der Waals surface area contributed by atoms with Crippen LogP contribution in [0.3, 0.4) is 0 Å². The molecule has 2 aromatic carbocycles. The van der Waals surface area contributed by atoms with Gasteiger partial charge in [0.25, 0.3) is 0 Å². The molecule has 1 aromatic heterocycles. The molecule has 3 aromatic rings. The van der Waals surface area contributed by atoms with Crippen molar-refractivity contribution in [3.63, 3.8) is 0 Å². The number of hydrogen-bond acceptors (Lipinski definition) is 2. The van der Waals surface area contributed by atoms with Gasteiger partial charge in [-0.25, -0.2) is 4.79 Å². The van der Waals surface area contributed by atoms with Gasteiger partial charge >= 0.3 is 6.03 Å². The molecule has 0 radical (unpaired) electrons. The minimum absolute atomic E-state index is 0.00438. The molecule has 0 fully saturated rings. The molecular weight excluding hydrogens is 322 g/mol. The minimum atomic E-state index is -0.201. The van der Waals surface area contributed by atoms with E-state index < -0.39 is 0 Å². The topological polar surface area (TPSA) is 54.0 Å². The van der Waals surface area contributed by atoms with Crippen molar-refractivity contribution in [3.05, 3.63) is 84.2 Å². The van der Waals surface area contributed by atoms with Gasteiger partial charge in [0.2, 0.25) is 0 Å². The normalized spacial score (nSPS) is 11.6. The van der Waals surface area contributed by atoms with Crippen LogP contribution in [0.4, 0.5) is 10.5 Å². The van der Waals surface area contributed by atoms with Crippen LogP contribution < -0.4 is 10.6 Å². The van der Waals surface area contributed by atoms with Crippen LogP contribution in [0.1, 0.15) is 30.6 Å². The predicted molar refractivity (Wildman–Crippen MR) is 106 cm³/mol. The van der Waals surface area contributed by atoms with E-state index in [1.807, 2.05) is 73.7 Å². The van der Waals surface area contributed by atoms with Crippen molar-refractivity contribution in [2.75, 3.05) is 5.32 Å². The van der Waals surface area contributed by atoms with Gasteiger partial charge in [-0.05, 0) is 54.3 Å². The fourth-order valence-electron chi connectivity index (χ4n) is 2.90. The van der Waals surface area contributed by atoms with Crippen LogP contribution in [-0.4, -0.2) is 11.0 Å². The van der Waals surface area contributed by atoms with Gasteiger partial charge in [0.15, 0.2) is 0 Å². The van der Waals surface area contributed by atoms with Gasteiger partial charge in [-0.15, -0.1) is 0 Å². The Balaban J connectivity index is 1.64. The van der Waals surface area contributed by atoms with Crippen LogP contribution in [-0.2, 0) is 0 Å². The van der Waals surface area contributed by atoms with E-state index in [1.54, 1.807) is 6.20 Å². The molecule has 0 bridgehead atoms. The van der Waals surface area contributed by atoms with Crippen LogP contribution in [0.2, 0.25) is 0 Å². The lowest BCUT2D eigenvalue weighted by Crippen LogP contribution is -2.32. The predicted octanol–water partition coefficient (Wildman–Crippen LogP) is 5.33. The fourth-order valence-corrected chi connectivity index (χ4v) is 2.90. The lowest BCUT2D eigenvalue weighted by atomic mass is 10.1. The molecule has 1 atom stereocenters. The van der Waals surface area contributed by atoms with Gasteiger partial charge in [0, 0.05) is 17.6 Å². The molecule has 4 nitrogen and oxygen atoms in total. The Morgan fingerprint density at radius 3 is 2.38 bits per heavy atom. The number of benzene rings is 2. The summed E-state index contributed by atoms with van der Waals surface area (Å²) in [6.45, 7) is 4.03. The Labute approximate surface area is 154 Å². The Morgan fingerprint density at radius 1 is 1.00 bits per heavy atom. The van der Waals surface area contributed by atoms with E-state index in [2.05, 4.69) is 22.5 Å². The molecular formula is C22H23N3O. The van der Waals surface area contributed by atoms with E-state index in [0.29, 0.717) is 0 Å². The Bertz CT molecular complexity index is 860. The second kappa shape index (κ2) is 8.30. The Kier molecular flexibility index (Phi) is 5.64. The van der Waals surface area contributed by atoms with Crippen LogP contribution in [0, 0.1) is 6.92 Å². The number of aryl methyl sites for hydroxylation is 1. The third kappa shape index (κ3) is 4.48. The lowest BCUT2D eigenvalue weighted by molar-refractivity contribution is 0.248. The van der Waals surface area contributed by atoms with Crippen molar-refractivity contribution >= 4 is 11.7 Å². The number of amides is 2. The summed E-state index contributed by atoms with van der Waals surface area (Å²) >= 11 is 0. The molecule has 4 heteroatoms. The zero-order valence-electron chi connectivity index (χ0n) is 15.1.